The van der Waals surface area contributed by atoms with E-state index in [1.54, 1.807) is 7.11 Å². The fourth-order valence-electron chi connectivity index (χ4n) is 1.45. The molecule has 0 saturated heterocycles. The van der Waals surface area contributed by atoms with E-state index in [-0.39, 0.29) is 12.5 Å². The molecule has 0 aliphatic carbocycles. The zero-order chi connectivity index (χ0) is 13.3. The van der Waals surface area contributed by atoms with Crippen molar-refractivity contribution >= 4 is 23.1 Å². The summed E-state index contributed by atoms with van der Waals surface area (Å²) in [5, 5.41) is 2.84. The van der Waals surface area contributed by atoms with Crippen molar-refractivity contribution < 1.29 is 14.3 Å². The maximum absolute atomic E-state index is 11.7. The van der Waals surface area contributed by atoms with Crippen LogP contribution >= 0.6 is 12.2 Å². The molecule has 0 aromatic carbocycles. The third-order valence-corrected chi connectivity index (χ3v) is 3.11. The van der Waals surface area contributed by atoms with Crippen molar-refractivity contribution in [1.82, 2.24) is 5.32 Å². The van der Waals surface area contributed by atoms with E-state index in [1.807, 2.05) is 13.8 Å². The number of carbonyl (C=O) groups is 1. The molecule has 1 amide bonds. The van der Waals surface area contributed by atoms with E-state index in [9.17, 15) is 4.79 Å². The lowest BCUT2D eigenvalue weighted by molar-refractivity contribution is -0.127. The van der Waals surface area contributed by atoms with Gasteiger partial charge in [-0.1, -0.05) is 26.1 Å². The number of carbonyl (C=O) groups excluding carboxylic acids is 1. The zero-order valence-corrected chi connectivity index (χ0v) is 11.6. The SMILES string of the molecule is CCC(CC)(NC(=O)COCCOC)C(N)=S. The number of hydrogen-bond donors (Lipinski definition) is 2. The lowest BCUT2D eigenvalue weighted by atomic mass is 9.93. The van der Waals surface area contributed by atoms with Crippen molar-refractivity contribution in [2.75, 3.05) is 26.9 Å². The van der Waals surface area contributed by atoms with Crippen LogP contribution in [0, 0.1) is 0 Å². The minimum Gasteiger partial charge on any atom is -0.391 e. The van der Waals surface area contributed by atoms with Gasteiger partial charge in [-0.3, -0.25) is 4.79 Å². The Labute approximate surface area is 108 Å². The lowest BCUT2D eigenvalue weighted by Crippen LogP contribution is -2.56. The van der Waals surface area contributed by atoms with Crippen LogP contribution in [0.5, 0.6) is 0 Å². The van der Waals surface area contributed by atoms with Gasteiger partial charge >= 0.3 is 0 Å². The largest absolute Gasteiger partial charge is 0.391 e. The Balaban J connectivity index is 4.18. The minimum atomic E-state index is -0.600. The maximum Gasteiger partial charge on any atom is 0.246 e. The number of amides is 1. The molecule has 0 spiro atoms. The first-order valence-electron chi connectivity index (χ1n) is 5.70. The zero-order valence-electron chi connectivity index (χ0n) is 10.7. The Hall–Kier alpha value is -0.720. The molecular formula is C11H22N2O3S. The van der Waals surface area contributed by atoms with E-state index < -0.39 is 5.54 Å². The summed E-state index contributed by atoms with van der Waals surface area (Å²) >= 11 is 5.00. The average molecular weight is 262 g/mol. The molecule has 5 nitrogen and oxygen atoms in total. The maximum atomic E-state index is 11.7. The van der Waals surface area contributed by atoms with Gasteiger partial charge in [0, 0.05) is 7.11 Å². The molecular weight excluding hydrogens is 240 g/mol. The topological polar surface area (TPSA) is 73.6 Å². The lowest BCUT2D eigenvalue weighted by Gasteiger charge is -2.31. The first kappa shape index (κ1) is 16.3. The molecule has 0 aromatic heterocycles. The van der Waals surface area contributed by atoms with Crippen LogP contribution in [-0.4, -0.2) is 43.4 Å². The molecule has 0 aliphatic rings. The second-order valence-corrected chi connectivity index (χ2v) is 4.19. The van der Waals surface area contributed by atoms with Crippen LogP contribution in [0.1, 0.15) is 26.7 Å². The number of ether oxygens (including phenoxy) is 2. The predicted molar refractivity (Wildman–Crippen MR) is 70.9 cm³/mol. The summed E-state index contributed by atoms with van der Waals surface area (Å²) in [7, 11) is 1.58. The summed E-state index contributed by atoms with van der Waals surface area (Å²) in [5.74, 6) is -0.211. The third-order valence-electron chi connectivity index (χ3n) is 2.72. The Morgan fingerprint density at radius 2 is 1.94 bits per heavy atom. The summed E-state index contributed by atoms with van der Waals surface area (Å²) in [6.07, 6.45) is 1.34. The second-order valence-electron chi connectivity index (χ2n) is 3.75. The fourth-order valence-corrected chi connectivity index (χ4v) is 1.79. The fraction of sp³-hybridized carbons (Fsp3) is 0.818. The van der Waals surface area contributed by atoms with E-state index >= 15 is 0 Å². The minimum absolute atomic E-state index is 0.00623. The molecule has 0 bridgehead atoms. The number of rotatable bonds is 9. The molecule has 0 heterocycles. The predicted octanol–water partition coefficient (Wildman–Crippen LogP) is 0.611. The normalized spacial score (nSPS) is 11.2. The molecule has 0 aliphatic heterocycles. The van der Waals surface area contributed by atoms with Gasteiger partial charge in [-0.05, 0) is 12.8 Å². The number of nitrogens with one attached hydrogen (secondary N) is 1. The summed E-state index contributed by atoms with van der Waals surface area (Å²) in [5.41, 5.74) is 5.07. The van der Waals surface area contributed by atoms with Crippen LogP contribution in [0.25, 0.3) is 0 Å². The van der Waals surface area contributed by atoms with Crippen molar-refractivity contribution in [2.45, 2.75) is 32.2 Å². The molecule has 0 unspecified atom stereocenters. The molecule has 0 fully saturated rings. The van der Waals surface area contributed by atoms with Crippen molar-refractivity contribution in [3.05, 3.63) is 0 Å². The quantitative estimate of drug-likeness (QED) is 0.470. The van der Waals surface area contributed by atoms with Gasteiger partial charge in [-0.2, -0.15) is 0 Å². The van der Waals surface area contributed by atoms with Crippen LogP contribution in [0.4, 0.5) is 0 Å². The Bertz CT molecular complexity index is 255. The molecule has 0 atom stereocenters. The highest BCUT2D eigenvalue weighted by Gasteiger charge is 2.31. The van der Waals surface area contributed by atoms with Crippen molar-refractivity contribution in [3.8, 4) is 0 Å². The third kappa shape index (κ3) is 5.43. The van der Waals surface area contributed by atoms with E-state index in [2.05, 4.69) is 5.32 Å². The van der Waals surface area contributed by atoms with Crippen LogP contribution in [0.2, 0.25) is 0 Å². The van der Waals surface area contributed by atoms with Crippen molar-refractivity contribution in [2.24, 2.45) is 5.73 Å². The number of methoxy groups -OCH3 is 1. The first-order chi connectivity index (χ1) is 8.02. The van der Waals surface area contributed by atoms with Gasteiger partial charge in [-0.25, -0.2) is 0 Å². The highest BCUT2D eigenvalue weighted by molar-refractivity contribution is 7.80. The number of hydrogen-bond acceptors (Lipinski definition) is 4. The Morgan fingerprint density at radius 3 is 2.35 bits per heavy atom. The Kier molecular flexibility index (Phi) is 8.03. The molecule has 100 valence electrons. The smallest absolute Gasteiger partial charge is 0.246 e. The highest BCUT2D eigenvalue weighted by atomic mass is 32.1. The first-order valence-corrected chi connectivity index (χ1v) is 6.10. The molecule has 0 radical (unpaired) electrons. The second kappa shape index (κ2) is 8.38. The summed E-state index contributed by atoms with van der Waals surface area (Å²) in [6, 6.07) is 0. The number of nitrogens with two attached hydrogens (primary N) is 1. The molecule has 17 heavy (non-hydrogen) atoms. The molecule has 0 rings (SSSR count). The van der Waals surface area contributed by atoms with Crippen LogP contribution in [-0.2, 0) is 14.3 Å². The highest BCUT2D eigenvalue weighted by Crippen LogP contribution is 2.15. The molecule has 0 saturated carbocycles. The van der Waals surface area contributed by atoms with E-state index in [1.165, 1.54) is 0 Å². The van der Waals surface area contributed by atoms with Crippen molar-refractivity contribution in [3.63, 3.8) is 0 Å². The van der Waals surface area contributed by atoms with Gasteiger partial charge in [-0.15, -0.1) is 0 Å². The Morgan fingerprint density at radius 1 is 1.35 bits per heavy atom. The van der Waals surface area contributed by atoms with Gasteiger partial charge in [0.1, 0.15) is 6.61 Å². The van der Waals surface area contributed by atoms with Gasteiger partial charge in [0.15, 0.2) is 0 Å². The van der Waals surface area contributed by atoms with Gasteiger partial charge < -0.3 is 20.5 Å². The van der Waals surface area contributed by atoms with Crippen LogP contribution in [0.15, 0.2) is 0 Å². The summed E-state index contributed by atoms with van der Waals surface area (Å²) in [4.78, 5) is 12.0. The van der Waals surface area contributed by atoms with Gasteiger partial charge in [0.2, 0.25) is 5.91 Å². The average Bonchev–Trinajstić information content (AvgIpc) is 2.31. The summed E-state index contributed by atoms with van der Waals surface area (Å²) < 4.78 is 9.94. The van der Waals surface area contributed by atoms with Gasteiger partial charge in [0.05, 0.1) is 23.7 Å². The van der Waals surface area contributed by atoms with E-state index in [0.717, 1.165) is 0 Å². The molecule has 6 heteroatoms. The summed E-state index contributed by atoms with van der Waals surface area (Å²) in [6.45, 7) is 4.73. The van der Waals surface area contributed by atoms with Crippen molar-refractivity contribution in [1.29, 1.82) is 0 Å². The monoisotopic (exact) mass is 262 g/mol. The van der Waals surface area contributed by atoms with Gasteiger partial charge in [0.25, 0.3) is 0 Å². The molecule has 3 N–H and O–H groups in total. The molecule has 0 aromatic rings. The standard InChI is InChI=1S/C11H22N2O3S/c1-4-11(5-2,10(12)17)13-9(14)8-16-7-6-15-3/h4-8H2,1-3H3,(H2,12,17)(H,13,14). The van der Waals surface area contributed by atoms with E-state index in [0.29, 0.717) is 31.0 Å². The van der Waals surface area contributed by atoms with E-state index in [4.69, 9.17) is 27.4 Å². The van der Waals surface area contributed by atoms with Crippen LogP contribution in [0.3, 0.4) is 0 Å². The number of thiocarbonyl (C=S) groups is 1. The van der Waals surface area contributed by atoms with Crippen LogP contribution < -0.4 is 11.1 Å².